The number of nitrogens with zero attached hydrogens (tertiary/aromatic N) is 1. The van der Waals surface area contributed by atoms with Crippen LogP contribution < -0.4 is 5.32 Å². The summed E-state index contributed by atoms with van der Waals surface area (Å²) in [6.45, 7) is 4.17. The number of hydrogen-bond acceptors (Lipinski definition) is 4. The fourth-order valence-electron chi connectivity index (χ4n) is 2.19. The van der Waals surface area contributed by atoms with Crippen LogP contribution in [0.2, 0.25) is 0 Å². The quantitative estimate of drug-likeness (QED) is 0.718. The van der Waals surface area contributed by atoms with Crippen molar-refractivity contribution < 1.29 is 19.5 Å². The molecule has 0 spiro atoms. The minimum atomic E-state index is -1.03. The van der Waals surface area contributed by atoms with Gasteiger partial charge in [-0.1, -0.05) is 0 Å². The monoisotopic (exact) mass is 302 g/mol. The summed E-state index contributed by atoms with van der Waals surface area (Å²) >= 11 is 1.53. The van der Waals surface area contributed by atoms with Crippen LogP contribution in [0.25, 0.3) is 0 Å². The number of rotatable bonds is 7. The topological polar surface area (TPSA) is 86.7 Å². The Morgan fingerprint density at radius 1 is 1.50 bits per heavy atom. The maximum Gasteiger partial charge on any atom is 0.326 e. The van der Waals surface area contributed by atoms with Crippen LogP contribution >= 0.6 is 11.8 Å². The first-order valence-electron chi connectivity index (χ1n) is 6.68. The minimum absolute atomic E-state index is 0.0452. The van der Waals surface area contributed by atoms with Crippen LogP contribution in [0.15, 0.2) is 0 Å². The molecular formula is C13H22N2O4S. The highest BCUT2D eigenvalue weighted by Gasteiger charge is 2.36. The minimum Gasteiger partial charge on any atom is -0.480 e. The van der Waals surface area contributed by atoms with Gasteiger partial charge in [0.05, 0.1) is 5.92 Å². The van der Waals surface area contributed by atoms with Crippen molar-refractivity contribution >= 4 is 29.5 Å². The van der Waals surface area contributed by atoms with Crippen molar-refractivity contribution in [1.82, 2.24) is 10.2 Å². The number of aliphatic carboxylic acids is 1. The highest BCUT2D eigenvalue weighted by atomic mass is 32.2. The first-order valence-corrected chi connectivity index (χ1v) is 8.07. The molecule has 0 saturated carbocycles. The molecule has 6 nitrogen and oxygen atoms in total. The molecule has 0 aliphatic carbocycles. The van der Waals surface area contributed by atoms with E-state index in [0.717, 1.165) is 0 Å². The van der Waals surface area contributed by atoms with Crippen molar-refractivity contribution in [3.05, 3.63) is 0 Å². The van der Waals surface area contributed by atoms with Crippen LogP contribution in [0.3, 0.4) is 0 Å². The molecule has 20 heavy (non-hydrogen) atoms. The van der Waals surface area contributed by atoms with Gasteiger partial charge in [-0.05, 0) is 32.3 Å². The van der Waals surface area contributed by atoms with Gasteiger partial charge in [-0.2, -0.15) is 11.8 Å². The largest absolute Gasteiger partial charge is 0.480 e. The summed E-state index contributed by atoms with van der Waals surface area (Å²) in [5.74, 6) is -1.19. The molecule has 1 aliphatic rings. The summed E-state index contributed by atoms with van der Waals surface area (Å²) in [6, 6.07) is -0.815. The van der Waals surface area contributed by atoms with Gasteiger partial charge in [-0.15, -0.1) is 0 Å². The van der Waals surface area contributed by atoms with Crippen molar-refractivity contribution in [3.8, 4) is 0 Å². The zero-order chi connectivity index (χ0) is 15.3. The van der Waals surface area contributed by atoms with E-state index in [9.17, 15) is 14.4 Å². The van der Waals surface area contributed by atoms with E-state index in [1.807, 2.05) is 20.1 Å². The van der Waals surface area contributed by atoms with E-state index >= 15 is 0 Å². The molecular weight excluding hydrogens is 280 g/mol. The second kappa shape index (κ2) is 7.52. The number of carboxylic acid groups (broad SMARTS) is 1. The number of likely N-dealkylation sites (tertiary alicyclic amines) is 1. The van der Waals surface area contributed by atoms with Crippen molar-refractivity contribution in [2.24, 2.45) is 5.92 Å². The lowest BCUT2D eigenvalue weighted by Gasteiger charge is -2.21. The van der Waals surface area contributed by atoms with Crippen LogP contribution in [0.4, 0.5) is 0 Å². The van der Waals surface area contributed by atoms with E-state index in [1.54, 1.807) is 4.90 Å². The molecule has 7 heteroatoms. The van der Waals surface area contributed by atoms with Gasteiger partial charge < -0.3 is 15.3 Å². The molecule has 1 saturated heterocycles. The Labute approximate surface area is 123 Å². The SMILES string of the molecule is CSCC[C@H](NC(=O)C1CC(=O)N(C(C)C)C1)C(=O)O. The van der Waals surface area contributed by atoms with Crippen LogP contribution in [0.1, 0.15) is 26.7 Å². The first-order chi connectivity index (χ1) is 9.36. The predicted octanol–water partition coefficient (Wildman–Crippen LogP) is 0.566. The Bertz CT molecular complexity index is 387. The molecule has 0 radical (unpaired) electrons. The van der Waals surface area contributed by atoms with E-state index in [-0.39, 0.29) is 24.3 Å². The Kier molecular flexibility index (Phi) is 6.32. The van der Waals surface area contributed by atoms with Crippen LogP contribution in [-0.4, -0.2) is 58.4 Å². The van der Waals surface area contributed by atoms with Crippen molar-refractivity contribution in [2.75, 3.05) is 18.6 Å². The maximum absolute atomic E-state index is 12.1. The van der Waals surface area contributed by atoms with Crippen LogP contribution in [0.5, 0.6) is 0 Å². The maximum atomic E-state index is 12.1. The standard InChI is InChI=1S/C13H22N2O4S/c1-8(2)15-7-9(6-11(15)16)12(17)14-10(13(18)19)4-5-20-3/h8-10H,4-7H2,1-3H3,(H,14,17)(H,18,19)/t9?,10-/m0/s1. The molecule has 2 N–H and O–H groups in total. The molecule has 2 amide bonds. The van der Waals surface area contributed by atoms with E-state index in [4.69, 9.17) is 5.11 Å². The Hall–Kier alpha value is -1.24. The number of thioether (sulfide) groups is 1. The summed E-state index contributed by atoms with van der Waals surface area (Å²) in [5, 5.41) is 11.6. The van der Waals surface area contributed by atoms with Gasteiger partial charge in [-0.3, -0.25) is 9.59 Å². The van der Waals surface area contributed by atoms with Gasteiger partial charge in [-0.25, -0.2) is 4.79 Å². The highest BCUT2D eigenvalue weighted by molar-refractivity contribution is 7.98. The molecule has 114 valence electrons. The van der Waals surface area contributed by atoms with Gasteiger partial charge >= 0.3 is 5.97 Å². The fraction of sp³-hybridized carbons (Fsp3) is 0.769. The third-order valence-electron chi connectivity index (χ3n) is 3.38. The molecule has 1 fully saturated rings. The Morgan fingerprint density at radius 3 is 2.60 bits per heavy atom. The fourth-order valence-corrected chi connectivity index (χ4v) is 2.66. The van der Waals surface area contributed by atoms with Crippen molar-refractivity contribution in [2.45, 2.75) is 38.8 Å². The number of carbonyl (C=O) groups excluding carboxylic acids is 2. The third-order valence-corrected chi connectivity index (χ3v) is 4.02. The Balaban J connectivity index is 2.57. The summed E-state index contributed by atoms with van der Waals surface area (Å²) in [7, 11) is 0. The number of nitrogens with one attached hydrogen (secondary N) is 1. The molecule has 0 aromatic heterocycles. The van der Waals surface area contributed by atoms with E-state index in [1.165, 1.54) is 11.8 Å². The zero-order valence-electron chi connectivity index (χ0n) is 12.1. The molecule has 0 aromatic carbocycles. The van der Waals surface area contributed by atoms with Crippen molar-refractivity contribution in [1.29, 1.82) is 0 Å². The van der Waals surface area contributed by atoms with Gasteiger partial charge in [0.15, 0.2) is 0 Å². The molecule has 1 unspecified atom stereocenters. The smallest absolute Gasteiger partial charge is 0.326 e. The third kappa shape index (κ3) is 4.40. The summed E-state index contributed by atoms with van der Waals surface area (Å²) in [5.41, 5.74) is 0. The van der Waals surface area contributed by atoms with Gasteiger partial charge in [0.2, 0.25) is 11.8 Å². The number of amides is 2. The summed E-state index contributed by atoms with van der Waals surface area (Å²) in [6.07, 6.45) is 2.44. The predicted molar refractivity (Wildman–Crippen MR) is 77.5 cm³/mol. The zero-order valence-corrected chi connectivity index (χ0v) is 12.9. The lowest BCUT2D eigenvalue weighted by atomic mass is 10.1. The number of carbonyl (C=O) groups is 3. The molecule has 1 rings (SSSR count). The first kappa shape index (κ1) is 16.8. The highest BCUT2D eigenvalue weighted by Crippen LogP contribution is 2.20. The lowest BCUT2D eigenvalue weighted by molar-refractivity contribution is -0.142. The van der Waals surface area contributed by atoms with E-state index in [2.05, 4.69) is 5.32 Å². The summed E-state index contributed by atoms with van der Waals surface area (Å²) in [4.78, 5) is 36.6. The molecule has 0 aromatic rings. The average Bonchev–Trinajstić information content (AvgIpc) is 2.76. The van der Waals surface area contributed by atoms with Crippen molar-refractivity contribution in [3.63, 3.8) is 0 Å². The molecule has 1 aliphatic heterocycles. The number of carboxylic acids is 1. The van der Waals surface area contributed by atoms with Gasteiger partial charge in [0.1, 0.15) is 6.04 Å². The number of hydrogen-bond donors (Lipinski definition) is 2. The average molecular weight is 302 g/mol. The van der Waals surface area contributed by atoms with E-state index < -0.39 is 17.9 Å². The summed E-state index contributed by atoms with van der Waals surface area (Å²) < 4.78 is 0. The molecule has 2 atom stereocenters. The normalized spacial score (nSPS) is 20.3. The van der Waals surface area contributed by atoms with Crippen LogP contribution in [-0.2, 0) is 14.4 Å². The molecule has 0 bridgehead atoms. The lowest BCUT2D eigenvalue weighted by Crippen LogP contribution is -2.44. The van der Waals surface area contributed by atoms with Gasteiger partial charge in [0, 0.05) is 19.0 Å². The second-order valence-corrected chi connectivity index (χ2v) is 6.21. The van der Waals surface area contributed by atoms with E-state index in [0.29, 0.717) is 18.7 Å². The van der Waals surface area contributed by atoms with Gasteiger partial charge in [0.25, 0.3) is 0 Å². The molecule has 1 heterocycles. The Morgan fingerprint density at radius 2 is 2.15 bits per heavy atom. The second-order valence-electron chi connectivity index (χ2n) is 5.22. The van der Waals surface area contributed by atoms with Crippen LogP contribution in [0, 0.1) is 5.92 Å².